The third-order valence-electron chi connectivity index (χ3n) is 4.61. The molecular formula is C20H19F3N2O3. The molecule has 1 aliphatic heterocycles. The van der Waals surface area contributed by atoms with Crippen LogP contribution in [0, 0.1) is 5.92 Å². The van der Waals surface area contributed by atoms with Crippen molar-refractivity contribution >= 4 is 17.5 Å². The molecule has 0 radical (unpaired) electrons. The Balaban J connectivity index is 1.62. The monoisotopic (exact) mass is 392 g/mol. The van der Waals surface area contributed by atoms with E-state index in [-0.39, 0.29) is 37.0 Å². The van der Waals surface area contributed by atoms with Crippen LogP contribution in [0.5, 0.6) is 5.75 Å². The molecule has 148 valence electrons. The number of halogens is 3. The van der Waals surface area contributed by atoms with Gasteiger partial charge in [0.05, 0.1) is 18.6 Å². The van der Waals surface area contributed by atoms with E-state index in [0.717, 1.165) is 17.7 Å². The van der Waals surface area contributed by atoms with E-state index < -0.39 is 17.7 Å². The molecule has 8 heteroatoms. The molecule has 2 aromatic carbocycles. The predicted octanol–water partition coefficient (Wildman–Crippen LogP) is 3.38. The molecule has 1 heterocycles. The van der Waals surface area contributed by atoms with E-state index in [1.807, 2.05) is 12.1 Å². The lowest BCUT2D eigenvalue weighted by atomic mass is 10.1. The summed E-state index contributed by atoms with van der Waals surface area (Å²) >= 11 is 0. The number of hydrogen-bond donors (Lipinski definition) is 1. The van der Waals surface area contributed by atoms with Crippen LogP contribution in [-0.2, 0) is 22.3 Å². The van der Waals surface area contributed by atoms with E-state index in [4.69, 9.17) is 4.74 Å². The summed E-state index contributed by atoms with van der Waals surface area (Å²) in [6.07, 6.45) is -4.53. The lowest BCUT2D eigenvalue weighted by molar-refractivity contribution is -0.137. The van der Waals surface area contributed by atoms with Crippen LogP contribution in [0.1, 0.15) is 17.5 Å². The fourth-order valence-corrected chi connectivity index (χ4v) is 3.06. The second-order valence-corrected chi connectivity index (χ2v) is 6.52. The highest BCUT2D eigenvalue weighted by Crippen LogP contribution is 2.33. The Morgan fingerprint density at radius 2 is 1.93 bits per heavy atom. The molecule has 28 heavy (non-hydrogen) atoms. The number of anilines is 1. The van der Waals surface area contributed by atoms with Gasteiger partial charge in [-0.1, -0.05) is 18.2 Å². The van der Waals surface area contributed by atoms with E-state index in [1.54, 1.807) is 19.2 Å². The molecule has 0 bridgehead atoms. The molecule has 5 nitrogen and oxygen atoms in total. The van der Waals surface area contributed by atoms with Crippen LogP contribution in [0.3, 0.4) is 0 Å². The van der Waals surface area contributed by atoms with Crippen LogP contribution in [0.4, 0.5) is 18.9 Å². The molecule has 1 atom stereocenters. The fourth-order valence-electron chi connectivity index (χ4n) is 3.06. The summed E-state index contributed by atoms with van der Waals surface area (Å²) in [5, 5.41) is 2.77. The molecule has 1 saturated heterocycles. The van der Waals surface area contributed by atoms with E-state index in [1.165, 1.54) is 17.0 Å². The van der Waals surface area contributed by atoms with Crippen molar-refractivity contribution < 1.29 is 27.5 Å². The quantitative estimate of drug-likeness (QED) is 0.849. The standard InChI is InChI=1S/C20H19F3N2O3/c1-28-17-7-5-13(6-8-17)11-24-19(27)14-9-18(26)25(12-14)16-4-2-3-15(10-16)20(21,22)23/h2-8,10,14H,9,11-12H2,1H3,(H,24,27)/t14-/m0/s1. The van der Waals surface area contributed by atoms with Crippen LogP contribution >= 0.6 is 0 Å². The van der Waals surface area contributed by atoms with Crippen molar-refractivity contribution in [1.29, 1.82) is 0 Å². The van der Waals surface area contributed by atoms with Crippen LogP contribution < -0.4 is 15.0 Å². The van der Waals surface area contributed by atoms with Crippen molar-refractivity contribution in [3.05, 3.63) is 59.7 Å². The number of alkyl halides is 3. The van der Waals surface area contributed by atoms with Gasteiger partial charge in [-0.3, -0.25) is 9.59 Å². The molecule has 2 aromatic rings. The minimum Gasteiger partial charge on any atom is -0.497 e. The number of benzene rings is 2. The van der Waals surface area contributed by atoms with Gasteiger partial charge in [-0.05, 0) is 35.9 Å². The molecule has 1 aliphatic rings. The summed E-state index contributed by atoms with van der Waals surface area (Å²) in [6, 6.07) is 11.7. The van der Waals surface area contributed by atoms with Crippen LogP contribution in [0.15, 0.2) is 48.5 Å². The van der Waals surface area contributed by atoms with Crippen molar-refractivity contribution in [2.45, 2.75) is 19.1 Å². The van der Waals surface area contributed by atoms with Crippen LogP contribution in [0.2, 0.25) is 0 Å². The zero-order valence-corrected chi connectivity index (χ0v) is 15.1. The summed E-state index contributed by atoms with van der Waals surface area (Å²) in [5.74, 6) is -0.587. The number of carbonyl (C=O) groups is 2. The van der Waals surface area contributed by atoms with Crippen molar-refractivity contribution in [3.8, 4) is 5.75 Å². The summed E-state index contributed by atoms with van der Waals surface area (Å²) in [6.45, 7) is 0.339. The van der Waals surface area contributed by atoms with Crippen molar-refractivity contribution in [1.82, 2.24) is 5.32 Å². The minimum absolute atomic E-state index is 0.0370. The maximum Gasteiger partial charge on any atom is 0.416 e. The lowest BCUT2D eigenvalue weighted by Gasteiger charge is -2.18. The highest BCUT2D eigenvalue weighted by molar-refractivity contribution is 6.00. The molecule has 2 amide bonds. The maximum absolute atomic E-state index is 12.9. The highest BCUT2D eigenvalue weighted by atomic mass is 19.4. The fraction of sp³-hybridized carbons (Fsp3) is 0.300. The van der Waals surface area contributed by atoms with Crippen molar-refractivity contribution in [2.24, 2.45) is 5.92 Å². The van der Waals surface area contributed by atoms with Crippen LogP contribution in [-0.4, -0.2) is 25.5 Å². The second kappa shape index (κ2) is 7.92. The molecule has 0 spiro atoms. The molecule has 0 saturated carbocycles. The Labute approximate surface area is 160 Å². The molecule has 1 fully saturated rings. The minimum atomic E-state index is -4.49. The van der Waals surface area contributed by atoms with Gasteiger partial charge in [0.2, 0.25) is 11.8 Å². The first kappa shape index (κ1) is 19.7. The lowest BCUT2D eigenvalue weighted by Crippen LogP contribution is -2.32. The SMILES string of the molecule is COc1ccc(CNC(=O)[C@H]2CC(=O)N(c3cccc(C(F)(F)F)c3)C2)cc1. The molecule has 0 aliphatic carbocycles. The normalized spacial score (nSPS) is 16.9. The summed E-state index contributed by atoms with van der Waals surface area (Å²) in [4.78, 5) is 25.9. The number of nitrogens with zero attached hydrogens (tertiary/aromatic N) is 1. The zero-order chi connectivity index (χ0) is 20.3. The second-order valence-electron chi connectivity index (χ2n) is 6.52. The summed E-state index contributed by atoms with van der Waals surface area (Å²) in [7, 11) is 1.56. The topological polar surface area (TPSA) is 58.6 Å². The van der Waals surface area contributed by atoms with Crippen LogP contribution in [0.25, 0.3) is 0 Å². The van der Waals surface area contributed by atoms with Gasteiger partial charge in [0.25, 0.3) is 0 Å². The molecule has 3 rings (SSSR count). The Morgan fingerprint density at radius 3 is 2.57 bits per heavy atom. The van der Waals surface area contributed by atoms with Crippen molar-refractivity contribution in [2.75, 3.05) is 18.6 Å². The van der Waals surface area contributed by atoms with Gasteiger partial charge in [0, 0.05) is 25.2 Å². The molecular weight excluding hydrogens is 373 g/mol. The summed E-state index contributed by atoms with van der Waals surface area (Å²) in [5.41, 5.74) is 0.184. The highest BCUT2D eigenvalue weighted by Gasteiger charge is 2.36. The van der Waals surface area contributed by atoms with E-state index >= 15 is 0 Å². The Morgan fingerprint density at radius 1 is 1.21 bits per heavy atom. The van der Waals surface area contributed by atoms with Gasteiger partial charge in [-0.15, -0.1) is 0 Å². The number of amides is 2. The predicted molar refractivity (Wildman–Crippen MR) is 96.7 cm³/mol. The first-order valence-electron chi connectivity index (χ1n) is 8.66. The third kappa shape index (κ3) is 4.44. The van der Waals surface area contributed by atoms with Gasteiger partial charge < -0.3 is 15.0 Å². The van der Waals surface area contributed by atoms with Gasteiger partial charge in [-0.25, -0.2) is 0 Å². The first-order chi connectivity index (χ1) is 13.3. The number of carbonyl (C=O) groups excluding carboxylic acids is 2. The average molecular weight is 392 g/mol. The maximum atomic E-state index is 12.9. The first-order valence-corrected chi connectivity index (χ1v) is 8.66. The average Bonchev–Trinajstić information content (AvgIpc) is 3.08. The Kier molecular flexibility index (Phi) is 5.58. The Hall–Kier alpha value is -3.03. The van der Waals surface area contributed by atoms with Gasteiger partial charge in [0.1, 0.15) is 5.75 Å². The molecule has 1 N–H and O–H groups in total. The zero-order valence-electron chi connectivity index (χ0n) is 15.1. The third-order valence-corrected chi connectivity index (χ3v) is 4.61. The Bertz CT molecular complexity index is 866. The van der Waals surface area contributed by atoms with Gasteiger partial charge >= 0.3 is 6.18 Å². The largest absolute Gasteiger partial charge is 0.497 e. The van der Waals surface area contributed by atoms with Gasteiger partial charge in [0.15, 0.2) is 0 Å². The van der Waals surface area contributed by atoms with E-state index in [2.05, 4.69) is 5.32 Å². The number of nitrogens with one attached hydrogen (secondary N) is 1. The number of rotatable bonds is 5. The van der Waals surface area contributed by atoms with Gasteiger partial charge in [-0.2, -0.15) is 13.2 Å². The van der Waals surface area contributed by atoms with Crippen molar-refractivity contribution in [3.63, 3.8) is 0 Å². The number of ether oxygens (including phenoxy) is 1. The summed E-state index contributed by atoms with van der Waals surface area (Å²) < 4.78 is 43.7. The van der Waals surface area contributed by atoms with E-state index in [9.17, 15) is 22.8 Å². The smallest absolute Gasteiger partial charge is 0.416 e. The molecule has 0 aromatic heterocycles. The number of methoxy groups -OCH3 is 1. The van der Waals surface area contributed by atoms with E-state index in [0.29, 0.717) is 5.75 Å². The molecule has 0 unspecified atom stereocenters. The number of hydrogen-bond acceptors (Lipinski definition) is 3.